The average molecular weight is 535 g/mol. The largest absolute Gasteiger partial charge is 0.454 e. The third-order valence-corrected chi connectivity index (χ3v) is 10.3. The summed E-state index contributed by atoms with van der Waals surface area (Å²) in [5.41, 5.74) is 0.898. The van der Waals surface area contributed by atoms with Gasteiger partial charge in [0.25, 0.3) is 0 Å². The summed E-state index contributed by atoms with van der Waals surface area (Å²) in [5.74, 6) is 1.28. The number of benzene rings is 3. The number of nitrogens with zero attached hydrogens (tertiary/aromatic N) is 1. The Hall–Kier alpha value is -2.63. The van der Waals surface area contributed by atoms with Crippen LogP contribution >= 0.6 is 11.6 Å². The van der Waals surface area contributed by atoms with Crippen LogP contribution in [0.3, 0.4) is 0 Å². The van der Waals surface area contributed by atoms with Crippen LogP contribution in [-0.4, -0.2) is 53.6 Å². The van der Waals surface area contributed by atoms with Gasteiger partial charge in [0.2, 0.25) is 26.7 Å². The monoisotopic (exact) mass is 534 g/mol. The molecule has 0 spiro atoms. The standard InChI is InChI=1S/C24H23ClN2O6S2/c25-21-8-7-20(34(28,29)19-4-2-1-3-5-19)14-24(21)35(30,31)27-11-10-26-15-18(27)12-17-6-9-22-23(13-17)33-16-32-22/h1-9,13-14,18,26H,10-12,15-16H2. The van der Waals surface area contributed by atoms with E-state index in [9.17, 15) is 16.8 Å². The third kappa shape index (κ3) is 4.64. The van der Waals surface area contributed by atoms with Crippen molar-refractivity contribution in [1.82, 2.24) is 9.62 Å². The van der Waals surface area contributed by atoms with Crippen molar-refractivity contribution in [1.29, 1.82) is 0 Å². The second-order valence-corrected chi connectivity index (χ2v) is 12.5. The first-order chi connectivity index (χ1) is 16.8. The van der Waals surface area contributed by atoms with Crippen molar-refractivity contribution in [2.45, 2.75) is 27.1 Å². The van der Waals surface area contributed by atoms with Crippen molar-refractivity contribution in [2.24, 2.45) is 0 Å². The molecule has 1 N–H and O–H groups in total. The molecule has 5 rings (SSSR count). The molecule has 2 heterocycles. The predicted octanol–water partition coefficient (Wildman–Crippen LogP) is 3.11. The van der Waals surface area contributed by atoms with E-state index in [1.165, 1.54) is 28.6 Å². The molecule has 1 atom stereocenters. The Morgan fingerprint density at radius 1 is 0.914 bits per heavy atom. The zero-order valence-corrected chi connectivity index (χ0v) is 20.9. The van der Waals surface area contributed by atoms with Crippen LogP contribution in [0.2, 0.25) is 5.02 Å². The van der Waals surface area contributed by atoms with Gasteiger partial charge >= 0.3 is 0 Å². The highest BCUT2D eigenvalue weighted by atomic mass is 35.5. The molecule has 0 saturated carbocycles. The van der Waals surface area contributed by atoms with Crippen LogP contribution in [-0.2, 0) is 26.3 Å². The number of halogens is 1. The van der Waals surface area contributed by atoms with E-state index >= 15 is 0 Å². The minimum absolute atomic E-state index is 0.0302. The van der Waals surface area contributed by atoms with E-state index in [0.29, 0.717) is 31.0 Å². The Labute approximate surface area is 209 Å². The van der Waals surface area contributed by atoms with Crippen molar-refractivity contribution >= 4 is 31.5 Å². The number of hydrogen-bond acceptors (Lipinski definition) is 7. The molecule has 35 heavy (non-hydrogen) atoms. The molecule has 184 valence electrons. The molecule has 0 aromatic heterocycles. The molecule has 0 bridgehead atoms. The fourth-order valence-electron chi connectivity index (χ4n) is 4.28. The molecular weight excluding hydrogens is 512 g/mol. The summed E-state index contributed by atoms with van der Waals surface area (Å²) in [6, 6.07) is 16.8. The molecule has 1 unspecified atom stereocenters. The maximum Gasteiger partial charge on any atom is 0.244 e. The van der Waals surface area contributed by atoms with Crippen LogP contribution in [0.1, 0.15) is 5.56 Å². The lowest BCUT2D eigenvalue weighted by Gasteiger charge is -2.35. The highest BCUT2D eigenvalue weighted by Crippen LogP contribution is 2.34. The van der Waals surface area contributed by atoms with Crippen molar-refractivity contribution in [2.75, 3.05) is 26.4 Å². The van der Waals surface area contributed by atoms with Gasteiger partial charge in [-0.05, 0) is 54.4 Å². The number of fused-ring (bicyclic) bond motifs is 1. The summed E-state index contributed by atoms with van der Waals surface area (Å²) in [6.07, 6.45) is 0.433. The van der Waals surface area contributed by atoms with Crippen LogP contribution in [0.5, 0.6) is 11.5 Å². The van der Waals surface area contributed by atoms with E-state index in [1.807, 2.05) is 18.2 Å². The summed E-state index contributed by atoms with van der Waals surface area (Å²) in [6.45, 7) is 1.29. The normalized spacial score (nSPS) is 18.5. The van der Waals surface area contributed by atoms with Crippen molar-refractivity contribution < 1.29 is 26.3 Å². The van der Waals surface area contributed by atoms with Gasteiger partial charge in [0.1, 0.15) is 4.90 Å². The first-order valence-corrected chi connectivity index (χ1v) is 14.3. The molecule has 1 saturated heterocycles. The number of ether oxygens (including phenoxy) is 2. The lowest BCUT2D eigenvalue weighted by Crippen LogP contribution is -2.54. The van der Waals surface area contributed by atoms with E-state index in [1.54, 1.807) is 18.2 Å². The summed E-state index contributed by atoms with van der Waals surface area (Å²) in [4.78, 5) is -0.281. The second kappa shape index (κ2) is 9.44. The van der Waals surface area contributed by atoms with Crippen LogP contribution in [0.25, 0.3) is 0 Å². The van der Waals surface area contributed by atoms with Gasteiger partial charge in [-0.1, -0.05) is 35.9 Å². The highest BCUT2D eigenvalue weighted by molar-refractivity contribution is 7.91. The molecule has 1 fully saturated rings. The van der Waals surface area contributed by atoms with Crippen LogP contribution < -0.4 is 14.8 Å². The van der Waals surface area contributed by atoms with E-state index < -0.39 is 25.9 Å². The lowest BCUT2D eigenvalue weighted by atomic mass is 10.0. The molecule has 3 aromatic rings. The van der Waals surface area contributed by atoms with Gasteiger partial charge in [-0.15, -0.1) is 0 Å². The number of sulfonamides is 1. The average Bonchev–Trinajstić information content (AvgIpc) is 3.33. The van der Waals surface area contributed by atoms with Gasteiger partial charge < -0.3 is 14.8 Å². The quantitative estimate of drug-likeness (QED) is 0.518. The molecular formula is C24H23ClN2O6S2. The van der Waals surface area contributed by atoms with Gasteiger partial charge in [-0.3, -0.25) is 0 Å². The molecule has 0 aliphatic carbocycles. The van der Waals surface area contributed by atoms with E-state index in [-0.39, 0.29) is 33.0 Å². The minimum Gasteiger partial charge on any atom is -0.454 e. The van der Waals surface area contributed by atoms with Crippen LogP contribution in [0.15, 0.2) is 81.4 Å². The second-order valence-electron chi connectivity index (χ2n) is 8.27. The number of hydrogen-bond donors (Lipinski definition) is 1. The SMILES string of the molecule is O=S(=O)(c1ccccc1)c1ccc(Cl)c(S(=O)(=O)N2CCNCC2Cc2ccc3c(c2)OCO3)c1. The summed E-state index contributed by atoms with van der Waals surface area (Å²) in [5, 5.41) is 3.21. The molecule has 8 nitrogen and oxygen atoms in total. The Morgan fingerprint density at radius 3 is 2.49 bits per heavy atom. The maximum absolute atomic E-state index is 13.8. The Bertz CT molecular complexity index is 1460. The van der Waals surface area contributed by atoms with E-state index in [4.69, 9.17) is 21.1 Å². The first-order valence-electron chi connectivity index (χ1n) is 11.0. The molecule has 11 heteroatoms. The van der Waals surface area contributed by atoms with Gasteiger partial charge in [0.15, 0.2) is 11.5 Å². The number of piperazine rings is 1. The van der Waals surface area contributed by atoms with E-state index in [2.05, 4.69) is 5.32 Å². The molecule has 2 aliphatic heterocycles. The number of rotatable bonds is 6. The Morgan fingerprint density at radius 2 is 1.69 bits per heavy atom. The fourth-order valence-corrected chi connectivity index (χ4v) is 7.79. The fraction of sp³-hybridized carbons (Fsp3) is 0.250. The maximum atomic E-state index is 13.8. The van der Waals surface area contributed by atoms with Gasteiger partial charge in [0.05, 0.1) is 14.8 Å². The van der Waals surface area contributed by atoms with E-state index in [0.717, 1.165) is 11.6 Å². The van der Waals surface area contributed by atoms with Gasteiger partial charge in [-0.2, -0.15) is 4.31 Å². The summed E-state index contributed by atoms with van der Waals surface area (Å²) in [7, 11) is -8.01. The molecule has 2 aliphatic rings. The number of sulfone groups is 1. The van der Waals surface area contributed by atoms with Crippen LogP contribution in [0.4, 0.5) is 0 Å². The highest BCUT2D eigenvalue weighted by Gasteiger charge is 2.36. The molecule has 3 aromatic carbocycles. The van der Waals surface area contributed by atoms with Crippen molar-refractivity contribution in [3.63, 3.8) is 0 Å². The third-order valence-electron chi connectivity index (χ3n) is 6.06. The van der Waals surface area contributed by atoms with Gasteiger partial charge in [0, 0.05) is 25.7 Å². The van der Waals surface area contributed by atoms with Crippen LogP contribution in [0, 0.1) is 0 Å². The number of nitrogens with one attached hydrogen (secondary N) is 1. The molecule has 0 radical (unpaired) electrons. The predicted molar refractivity (Wildman–Crippen MR) is 130 cm³/mol. The van der Waals surface area contributed by atoms with Gasteiger partial charge in [-0.25, -0.2) is 16.8 Å². The molecule has 0 amide bonds. The lowest BCUT2D eigenvalue weighted by molar-refractivity contribution is 0.174. The Balaban J connectivity index is 1.48. The zero-order chi connectivity index (χ0) is 24.6. The first kappa shape index (κ1) is 24.1. The Kier molecular flexibility index (Phi) is 6.49. The zero-order valence-electron chi connectivity index (χ0n) is 18.6. The summed E-state index contributed by atoms with van der Waals surface area (Å²) >= 11 is 6.32. The summed E-state index contributed by atoms with van der Waals surface area (Å²) < 4.78 is 66.0. The topological polar surface area (TPSA) is 102 Å². The van der Waals surface area contributed by atoms with Crippen molar-refractivity contribution in [3.8, 4) is 11.5 Å². The smallest absolute Gasteiger partial charge is 0.244 e. The van der Waals surface area contributed by atoms with Crippen molar-refractivity contribution in [3.05, 3.63) is 77.3 Å². The minimum atomic E-state index is -4.10.